The van der Waals surface area contributed by atoms with Gasteiger partial charge in [0, 0.05) is 23.4 Å². The van der Waals surface area contributed by atoms with Crippen LogP contribution in [0.1, 0.15) is 31.0 Å². The average Bonchev–Trinajstić information content (AvgIpc) is 3.01. The Balaban J connectivity index is 1.93. The summed E-state index contributed by atoms with van der Waals surface area (Å²) in [5.74, 6) is 0.545. The molecule has 0 spiro atoms. The van der Waals surface area contributed by atoms with Crippen molar-refractivity contribution in [2.75, 3.05) is 5.32 Å². The van der Waals surface area contributed by atoms with Gasteiger partial charge in [0.15, 0.2) is 5.66 Å². The summed E-state index contributed by atoms with van der Waals surface area (Å²) >= 11 is 0. The van der Waals surface area contributed by atoms with Crippen LogP contribution in [0.25, 0.3) is 0 Å². The molecule has 6 nitrogen and oxygen atoms in total. The van der Waals surface area contributed by atoms with Crippen molar-refractivity contribution in [3.8, 4) is 0 Å². The molecule has 0 radical (unpaired) electrons. The summed E-state index contributed by atoms with van der Waals surface area (Å²) in [6.07, 6.45) is 7.48. The van der Waals surface area contributed by atoms with Gasteiger partial charge in [-0.05, 0) is 25.0 Å². The fourth-order valence-electron chi connectivity index (χ4n) is 2.93. The largest absolute Gasteiger partial charge is 0.383 e. The maximum atomic E-state index is 6.20. The number of hydrogen-bond donors (Lipinski definition) is 3. The molecule has 1 unspecified atom stereocenters. The Kier molecular flexibility index (Phi) is 2.06. The molecule has 1 fully saturated rings. The number of fused-ring (bicyclic) bond motifs is 1. The predicted octanol–water partition coefficient (Wildman–Crippen LogP) is 1.59. The normalized spacial score (nSPS) is 26.4. The van der Waals surface area contributed by atoms with Crippen LogP contribution in [-0.2, 0) is 5.66 Å². The lowest BCUT2D eigenvalue weighted by Crippen LogP contribution is -2.46. The quantitative estimate of drug-likeness (QED) is 0.771. The fraction of sp³-hybridized carbons (Fsp3) is 0.357. The summed E-state index contributed by atoms with van der Waals surface area (Å²) in [5, 5.41) is 10.7. The molecular formula is C14H16N6. The van der Waals surface area contributed by atoms with Crippen LogP contribution < -0.4 is 11.1 Å². The van der Waals surface area contributed by atoms with Gasteiger partial charge in [0.05, 0.1) is 17.6 Å². The fourth-order valence-corrected chi connectivity index (χ4v) is 2.93. The van der Waals surface area contributed by atoms with E-state index >= 15 is 0 Å². The van der Waals surface area contributed by atoms with Crippen LogP contribution in [-0.4, -0.2) is 21.0 Å². The molecule has 2 aliphatic rings. The minimum Gasteiger partial charge on any atom is -0.383 e. The number of aromatic nitrogens is 3. The molecule has 1 aliphatic carbocycles. The zero-order valence-corrected chi connectivity index (χ0v) is 11.2. The van der Waals surface area contributed by atoms with E-state index in [0.717, 1.165) is 29.8 Å². The Morgan fingerprint density at radius 3 is 2.80 bits per heavy atom. The van der Waals surface area contributed by atoms with Crippen molar-refractivity contribution in [1.82, 2.24) is 15.2 Å². The predicted molar refractivity (Wildman–Crippen MR) is 76.2 cm³/mol. The Morgan fingerprint density at radius 2 is 2.10 bits per heavy atom. The molecule has 2 aromatic rings. The second-order valence-corrected chi connectivity index (χ2v) is 5.78. The minimum absolute atomic E-state index is 0.0394. The van der Waals surface area contributed by atoms with E-state index in [1.165, 1.54) is 0 Å². The molecule has 102 valence electrons. The second kappa shape index (κ2) is 3.59. The lowest BCUT2D eigenvalue weighted by atomic mass is 9.86. The first-order valence-corrected chi connectivity index (χ1v) is 6.72. The molecule has 2 aromatic heterocycles. The summed E-state index contributed by atoms with van der Waals surface area (Å²) in [4.78, 5) is 9.00. The molecule has 3 heterocycles. The van der Waals surface area contributed by atoms with Gasteiger partial charge < -0.3 is 11.1 Å². The van der Waals surface area contributed by atoms with Crippen LogP contribution in [0, 0.1) is 5.41 Å². The number of H-pyrrole nitrogens is 1. The van der Waals surface area contributed by atoms with Gasteiger partial charge in [-0.15, -0.1) is 0 Å². The molecule has 1 atom stereocenters. The van der Waals surface area contributed by atoms with Crippen LogP contribution in [0.15, 0.2) is 35.7 Å². The highest BCUT2D eigenvalue weighted by atomic mass is 15.3. The minimum atomic E-state index is -0.580. The molecular weight excluding hydrogens is 252 g/mol. The van der Waals surface area contributed by atoms with Crippen LogP contribution in [0.3, 0.4) is 0 Å². The van der Waals surface area contributed by atoms with E-state index in [-0.39, 0.29) is 5.41 Å². The van der Waals surface area contributed by atoms with Crippen molar-refractivity contribution in [3.05, 3.63) is 42.0 Å². The molecule has 6 heteroatoms. The number of rotatable bonds is 2. The number of nitrogens with one attached hydrogen (secondary N) is 2. The third-order valence-electron chi connectivity index (χ3n) is 4.46. The average molecular weight is 268 g/mol. The molecule has 0 saturated heterocycles. The molecule has 0 amide bonds. The number of amidine groups is 1. The highest BCUT2D eigenvalue weighted by Gasteiger charge is 2.59. The lowest BCUT2D eigenvalue weighted by Gasteiger charge is -2.40. The lowest BCUT2D eigenvalue weighted by molar-refractivity contribution is 0.306. The summed E-state index contributed by atoms with van der Waals surface area (Å²) in [5.41, 5.74) is 8.42. The van der Waals surface area contributed by atoms with E-state index in [0.29, 0.717) is 5.84 Å². The maximum Gasteiger partial charge on any atom is 0.179 e. The number of anilines is 1. The molecule has 4 rings (SSSR count). The van der Waals surface area contributed by atoms with Crippen molar-refractivity contribution in [2.24, 2.45) is 16.1 Å². The Hall–Kier alpha value is -2.37. The van der Waals surface area contributed by atoms with Gasteiger partial charge in [0.2, 0.25) is 0 Å². The van der Waals surface area contributed by atoms with Crippen molar-refractivity contribution in [1.29, 1.82) is 0 Å². The summed E-state index contributed by atoms with van der Waals surface area (Å²) in [7, 11) is 0. The standard InChI is InChI=1S/C14H16N6/c1-13(4-5-13)14(11-3-7-17-20-11)18-10-8-16-6-2-9(10)12(15)19-14/h2-3,6-8,18H,4-5H2,1H3,(H2,15,19)(H,17,20). The molecule has 20 heavy (non-hydrogen) atoms. The number of aromatic amines is 1. The SMILES string of the molecule is CC1(C2(c3ccn[nH]3)N=C(N)c3ccncc3N2)CC1. The van der Waals surface area contributed by atoms with Gasteiger partial charge >= 0.3 is 0 Å². The number of pyridine rings is 1. The van der Waals surface area contributed by atoms with Crippen molar-refractivity contribution in [2.45, 2.75) is 25.4 Å². The van der Waals surface area contributed by atoms with Crippen LogP contribution in [0.4, 0.5) is 5.69 Å². The molecule has 0 bridgehead atoms. The summed E-state index contributed by atoms with van der Waals surface area (Å²) in [6, 6.07) is 3.84. The number of hydrogen-bond acceptors (Lipinski definition) is 5. The van der Waals surface area contributed by atoms with E-state index in [1.807, 2.05) is 12.1 Å². The topological polar surface area (TPSA) is 92.0 Å². The number of nitrogens with zero attached hydrogens (tertiary/aromatic N) is 3. The summed E-state index contributed by atoms with van der Waals surface area (Å²) in [6.45, 7) is 2.22. The first-order chi connectivity index (χ1) is 9.65. The number of nitrogens with two attached hydrogens (primary N) is 1. The van der Waals surface area contributed by atoms with Gasteiger partial charge in [0.1, 0.15) is 5.84 Å². The number of aliphatic imine (C=N–C) groups is 1. The highest BCUT2D eigenvalue weighted by molar-refractivity contribution is 6.04. The Labute approximate surface area is 116 Å². The van der Waals surface area contributed by atoms with Crippen molar-refractivity contribution in [3.63, 3.8) is 0 Å². The van der Waals surface area contributed by atoms with Crippen molar-refractivity contribution < 1.29 is 0 Å². The molecule has 4 N–H and O–H groups in total. The first kappa shape index (κ1) is 11.5. The Morgan fingerprint density at radius 1 is 1.25 bits per heavy atom. The zero-order valence-electron chi connectivity index (χ0n) is 11.2. The van der Waals surface area contributed by atoms with E-state index in [1.54, 1.807) is 18.6 Å². The monoisotopic (exact) mass is 268 g/mol. The van der Waals surface area contributed by atoms with Crippen molar-refractivity contribution >= 4 is 11.5 Å². The van der Waals surface area contributed by atoms with E-state index in [4.69, 9.17) is 10.7 Å². The van der Waals surface area contributed by atoms with E-state index in [2.05, 4.69) is 27.4 Å². The maximum absolute atomic E-state index is 6.20. The zero-order chi connectivity index (χ0) is 13.8. The van der Waals surface area contributed by atoms with Crippen LogP contribution >= 0.6 is 0 Å². The second-order valence-electron chi connectivity index (χ2n) is 5.78. The van der Waals surface area contributed by atoms with E-state index in [9.17, 15) is 0 Å². The highest BCUT2D eigenvalue weighted by Crippen LogP contribution is 2.60. The third kappa shape index (κ3) is 1.36. The van der Waals surface area contributed by atoms with Gasteiger partial charge in [-0.3, -0.25) is 10.1 Å². The first-order valence-electron chi connectivity index (χ1n) is 6.72. The Bertz CT molecular complexity index is 685. The molecule has 0 aromatic carbocycles. The van der Waals surface area contributed by atoms with Crippen LogP contribution in [0.2, 0.25) is 0 Å². The van der Waals surface area contributed by atoms with Crippen LogP contribution in [0.5, 0.6) is 0 Å². The van der Waals surface area contributed by atoms with Gasteiger partial charge in [-0.1, -0.05) is 6.92 Å². The van der Waals surface area contributed by atoms with Gasteiger partial charge in [-0.2, -0.15) is 5.10 Å². The van der Waals surface area contributed by atoms with E-state index < -0.39 is 5.66 Å². The van der Waals surface area contributed by atoms with Gasteiger partial charge in [0.25, 0.3) is 0 Å². The van der Waals surface area contributed by atoms with Gasteiger partial charge in [-0.25, -0.2) is 4.99 Å². The molecule has 1 aliphatic heterocycles. The smallest absolute Gasteiger partial charge is 0.179 e. The molecule has 1 saturated carbocycles. The summed E-state index contributed by atoms with van der Waals surface area (Å²) < 4.78 is 0. The third-order valence-corrected chi connectivity index (χ3v) is 4.46.